The molecule has 0 unspecified atom stereocenters. The molecule has 1 heterocycles. The minimum atomic E-state index is -0.592. The molecule has 0 saturated heterocycles. The normalized spacial score (nSPS) is 10.4. The number of hydrogen-bond donors (Lipinski definition) is 0. The van der Waals surface area contributed by atoms with Gasteiger partial charge < -0.3 is 0 Å². The summed E-state index contributed by atoms with van der Waals surface area (Å²) in [6.45, 7) is 0. The molecule has 0 N–H and O–H groups in total. The third kappa shape index (κ3) is 2.35. The molecule has 0 fully saturated rings. The van der Waals surface area contributed by atoms with Crippen LogP contribution in [0.4, 0.5) is 0 Å². The van der Waals surface area contributed by atoms with Gasteiger partial charge in [-0.3, -0.25) is 0 Å². The molecular formula is C9H4Cl3N3O. The Kier molecular flexibility index (Phi) is 3.14. The Hall–Kier alpha value is -1.10. The molecule has 4 nitrogen and oxygen atoms in total. The van der Waals surface area contributed by atoms with Gasteiger partial charge in [0.25, 0.3) is 0 Å². The monoisotopic (exact) mass is 275 g/mol. The van der Waals surface area contributed by atoms with Crippen molar-refractivity contribution in [1.82, 2.24) is 14.8 Å². The Morgan fingerprint density at radius 3 is 2.25 bits per heavy atom. The van der Waals surface area contributed by atoms with Gasteiger partial charge in [-0.1, -0.05) is 34.8 Å². The number of halogens is 3. The zero-order valence-electron chi connectivity index (χ0n) is 7.69. The van der Waals surface area contributed by atoms with Gasteiger partial charge in [0.05, 0.1) is 11.9 Å². The average Bonchev–Trinajstić information content (AvgIpc) is 2.15. The second-order valence-electron chi connectivity index (χ2n) is 2.90. The van der Waals surface area contributed by atoms with E-state index in [1.54, 1.807) is 18.2 Å². The quantitative estimate of drug-likeness (QED) is 0.804. The molecule has 2 rings (SSSR count). The fourth-order valence-electron chi connectivity index (χ4n) is 1.16. The number of aromatic nitrogens is 3. The van der Waals surface area contributed by atoms with Crippen LogP contribution in [-0.4, -0.2) is 14.8 Å². The molecule has 0 aliphatic carbocycles. The predicted molar refractivity (Wildman–Crippen MR) is 62.7 cm³/mol. The van der Waals surface area contributed by atoms with E-state index in [0.29, 0.717) is 15.7 Å². The van der Waals surface area contributed by atoms with Crippen LogP contribution in [0.3, 0.4) is 0 Å². The van der Waals surface area contributed by atoms with Gasteiger partial charge in [0.1, 0.15) is 0 Å². The summed E-state index contributed by atoms with van der Waals surface area (Å²) in [5, 5.41) is 4.68. The van der Waals surface area contributed by atoms with E-state index in [0.717, 1.165) is 4.68 Å². The summed E-state index contributed by atoms with van der Waals surface area (Å²) in [7, 11) is 0. The smallest absolute Gasteiger partial charge is 0.244 e. The summed E-state index contributed by atoms with van der Waals surface area (Å²) < 4.78 is 1.06. The third-order valence-electron chi connectivity index (χ3n) is 1.76. The maximum Gasteiger partial charge on any atom is 0.370 e. The van der Waals surface area contributed by atoms with Crippen LogP contribution in [0.15, 0.2) is 29.2 Å². The Morgan fingerprint density at radius 2 is 1.69 bits per heavy atom. The van der Waals surface area contributed by atoms with Crippen molar-refractivity contribution < 1.29 is 0 Å². The molecule has 0 aliphatic rings. The van der Waals surface area contributed by atoms with Crippen LogP contribution in [-0.2, 0) is 0 Å². The lowest BCUT2D eigenvalue weighted by Crippen LogP contribution is -2.23. The van der Waals surface area contributed by atoms with E-state index in [1.807, 2.05) is 0 Å². The highest BCUT2D eigenvalue weighted by Gasteiger charge is 2.05. The van der Waals surface area contributed by atoms with Crippen molar-refractivity contribution in [2.45, 2.75) is 0 Å². The number of nitrogens with zero attached hydrogens (tertiary/aromatic N) is 3. The Morgan fingerprint density at radius 1 is 1.06 bits per heavy atom. The molecule has 0 saturated carbocycles. The second-order valence-corrected chi connectivity index (χ2v) is 4.16. The van der Waals surface area contributed by atoms with Crippen molar-refractivity contribution in [3.05, 3.63) is 50.1 Å². The lowest BCUT2D eigenvalue weighted by Gasteiger charge is -2.04. The van der Waals surface area contributed by atoms with Crippen molar-refractivity contribution >= 4 is 34.8 Å². The van der Waals surface area contributed by atoms with Crippen molar-refractivity contribution in [1.29, 1.82) is 0 Å². The first kappa shape index (κ1) is 11.4. The largest absolute Gasteiger partial charge is 0.370 e. The molecule has 0 aliphatic heterocycles. The lowest BCUT2D eigenvalue weighted by molar-refractivity contribution is 0.762. The lowest BCUT2D eigenvalue weighted by atomic mass is 10.3. The summed E-state index contributed by atoms with van der Waals surface area (Å²) in [6.07, 6.45) is 1.26. The van der Waals surface area contributed by atoms with Crippen molar-refractivity contribution in [3.63, 3.8) is 0 Å². The molecule has 16 heavy (non-hydrogen) atoms. The first-order valence-electron chi connectivity index (χ1n) is 4.14. The molecule has 0 bridgehead atoms. The van der Waals surface area contributed by atoms with Gasteiger partial charge in [-0.25, -0.2) is 4.79 Å². The first-order valence-corrected chi connectivity index (χ1v) is 5.28. The van der Waals surface area contributed by atoms with Gasteiger partial charge in [-0.15, -0.1) is 0 Å². The zero-order valence-corrected chi connectivity index (χ0v) is 9.96. The first-order chi connectivity index (χ1) is 7.56. The maximum atomic E-state index is 11.5. The highest BCUT2D eigenvalue weighted by atomic mass is 35.5. The third-order valence-corrected chi connectivity index (χ3v) is 2.37. The van der Waals surface area contributed by atoms with Crippen LogP contribution in [0.5, 0.6) is 0 Å². The molecule has 82 valence electrons. The van der Waals surface area contributed by atoms with Gasteiger partial charge >= 0.3 is 5.69 Å². The van der Waals surface area contributed by atoms with Crippen molar-refractivity contribution in [2.75, 3.05) is 0 Å². The van der Waals surface area contributed by atoms with E-state index >= 15 is 0 Å². The molecule has 1 aromatic heterocycles. The Bertz CT molecular complexity index is 577. The standard InChI is InChI=1S/C9H4Cl3N3O/c10-5-1-6(11)3-7(2-5)15-9(16)14-8(12)4-13-15/h1-4H. The molecule has 0 radical (unpaired) electrons. The van der Waals surface area contributed by atoms with E-state index in [2.05, 4.69) is 10.1 Å². The van der Waals surface area contributed by atoms with Crippen LogP contribution in [0.2, 0.25) is 15.2 Å². The summed E-state index contributed by atoms with van der Waals surface area (Å²) in [4.78, 5) is 15.0. The minimum absolute atomic E-state index is 0.0365. The van der Waals surface area contributed by atoms with Crippen LogP contribution in [0.1, 0.15) is 0 Å². The Balaban J connectivity index is 2.63. The summed E-state index contributed by atoms with van der Waals surface area (Å²) in [6, 6.07) is 4.66. The van der Waals surface area contributed by atoms with Gasteiger partial charge in [0, 0.05) is 10.0 Å². The molecule has 7 heteroatoms. The maximum absolute atomic E-state index is 11.5. The van der Waals surface area contributed by atoms with Crippen LogP contribution < -0.4 is 5.69 Å². The van der Waals surface area contributed by atoms with Gasteiger partial charge in [0.2, 0.25) is 0 Å². The van der Waals surface area contributed by atoms with E-state index in [9.17, 15) is 4.79 Å². The summed E-state index contributed by atoms with van der Waals surface area (Å²) in [5.74, 6) is 0. The average molecular weight is 277 g/mol. The van der Waals surface area contributed by atoms with E-state index in [4.69, 9.17) is 34.8 Å². The molecule has 0 atom stereocenters. The minimum Gasteiger partial charge on any atom is -0.244 e. The number of benzene rings is 1. The molecule has 0 spiro atoms. The van der Waals surface area contributed by atoms with Gasteiger partial charge in [-0.2, -0.15) is 14.8 Å². The molecular weight excluding hydrogens is 272 g/mol. The summed E-state index contributed by atoms with van der Waals surface area (Å²) >= 11 is 17.1. The van der Waals surface area contributed by atoms with Crippen molar-refractivity contribution in [3.8, 4) is 5.69 Å². The van der Waals surface area contributed by atoms with Gasteiger partial charge in [-0.05, 0) is 18.2 Å². The van der Waals surface area contributed by atoms with Crippen LogP contribution in [0.25, 0.3) is 5.69 Å². The van der Waals surface area contributed by atoms with Gasteiger partial charge in [0.15, 0.2) is 5.15 Å². The van der Waals surface area contributed by atoms with E-state index < -0.39 is 5.69 Å². The molecule has 0 amide bonds. The Labute approximate surface area is 105 Å². The molecule has 2 aromatic rings. The number of rotatable bonds is 1. The SMILES string of the molecule is O=c1nc(Cl)cnn1-c1cc(Cl)cc(Cl)c1. The van der Waals surface area contributed by atoms with E-state index in [-0.39, 0.29) is 5.15 Å². The summed E-state index contributed by atoms with van der Waals surface area (Å²) in [5.41, 5.74) is -0.155. The topological polar surface area (TPSA) is 47.8 Å². The molecule has 1 aromatic carbocycles. The fraction of sp³-hybridized carbons (Fsp3) is 0. The number of hydrogen-bond acceptors (Lipinski definition) is 3. The predicted octanol–water partition coefficient (Wildman–Crippen LogP) is 2.59. The second kappa shape index (κ2) is 4.41. The zero-order chi connectivity index (χ0) is 11.7. The van der Waals surface area contributed by atoms with Crippen LogP contribution >= 0.6 is 34.8 Å². The highest BCUT2D eigenvalue weighted by Crippen LogP contribution is 2.20. The van der Waals surface area contributed by atoms with E-state index in [1.165, 1.54) is 6.20 Å². The highest BCUT2D eigenvalue weighted by molar-refractivity contribution is 6.34. The van der Waals surface area contributed by atoms with Crippen molar-refractivity contribution in [2.24, 2.45) is 0 Å². The van der Waals surface area contributed by atoms with Crippen LogP contribution in [0, 0.1) is 0 Å². The fourth-order valence-corrected chi connectivity index (χ4v) is 1.79.